The Bertz CT molecular complexity index is 1300. The lowest BCUT2D eigenvalue weighted by atomic mass is 9.99. The number of carbonyl (C=O) groups is 1. The number of H-pyrrole nitrogens is 1. The van der Waals surface area contributed by atoms with Crippen LogP contribution in [-0.4, -0.2) is 46.2 Å². The van der Waals surface area contributed by atoms with Crippen molar-refractivity contribution in [2.75, 3.05) is 19.7 Å². The summed E-state index contributed by atoms with van der Waals surface area (Å²) in [4.78, 5) is 31.1. The van der Waals surface area contributed by atoms with Crippen LogP contribution in [0.1, 0.15) is 35.2 Å². The van der Waals surface area contributed by atoms with Crippen molar-refractivity contribution in [1.82, 2.24) is 14.5 Å². The Kier molecular flexibility index (Phi) is 5.76. The van der Waals surface area contributed by atoms with Gasteiger partial charge in [-0.3, -0.25) is 14.2 Å². The van der Waals surface area contributed by atoms with E-state index in [2.05, 4.69) is 23.2 Å². The van der Waals surface area contributed by atoms with E-state index in [1.54, 1.807) is 22.8 Å². The van der Waals surface area contributed by atoms with Crippen LogP contribution in [0, 0.1) is 4.77 Å². The van der Waals surface area contributed by atoms with E-state index in [0.717, 1.165) is 25.9 Å². The summed E-state index contributed by atoms with van der Waals surface area (Å²) in [6.07, 6.45) is 4.90. The third-order valence-electron chi connectivity index (χ3n) is 6.28. The van der Waals surface area contributed by atoms with Crippen molar-refractivity contribution in [2.24, 2.45) is 0 Å². The van der Waals surface area contributed by atoms with E-state index in [-0.39, 0.29) is 17.6 Å². The van der Waals surface area contributed by atoms with Crippen molar-refractivity contribution in [3.8, 4) is 0 Å². The van der Waals surface area contributed by atoms with Crippen LogP contribution in [0.25, 0.3) is 16.5 Å². The maximum absolute atomic E-state index is 13.1. The van der Waals surface area contributed by atoms with E-state index in [1.165, 1.54) is 11.1 Å². The van der Waals surface area contributed by atoms with Crippen LogP contribution >= 0.6 is 12.2 Å². The summed E-state index contributed by atoms with van der Waals surface area (Å²) in [6, 6.07) is 15.4. The summed E-state index contributed by atoms with van der Waals surface area (Å²) in [5, 5.41) is 0.526. The van der Waals surface area contributed by atoms with Gasteiger partial charge in [0.25, 0.3) is 11.5 Å². The molecule has 3 heterocycles. The monoisotopic (exact) mass is 447 g/mol. The third-order valence-corrected chi connectivity index (χ3v) is 6.60. The van der Waals surface area contributed by atoms with Gasteiger partial charge in [-0.05, 0) is 60.8 Å². The standard InChI is InChI=1S/C25H25N3O3S/c29-23(27-12-10-18(11-13-27)17-5-2-1-3-6-17)19-8-9-21-22(15-19)26-25(32)28(24(21)30)16-20-7-4-14-31-20/h1-3,5-6,8-10,15,20H,4,7,11-14,16H2,(H,26,32). The van der Waals surface area contributed by atoms with Crippen molar-refractivity contribution in [3.05, 3.63) is 80.9 Å². The van der Waals surface area contributed by atoms with Crippen molar-refractivity contribution in [2.45, 2.75) is 31.9 Å². The summed E-state index contributed by atoms with van der Waals surface area (Å²) in [5.41, 5.74) is 3.47. The molecule has 1 aromatic heterocycles. The lowest BCUT2D eigenvalue weighted by molar-refractivity contribution is 0.0773. The molecule has 5 rings (SSSR count). The number of nitrogens with zero attached hydrogens (tertiary/aromatic N) is 2. The van der Waals surface area contributed by atoms with Gasteiger partial charge in [-0.15, -0.1) is 0 Å². The van der Waals surface area contributed by atoms with Gasteiger partial charge in [-0.25, -0.2) is 0 Å². The molecular weight excluding hydrogens is 422 g/mol. The second-order valence-corrected chi connectivity index (χ2v) is 8.72. The van der Waals surface area contributed by atoms with Gasteiger partial charge in [0.2, 0.25) is 0 Å². The predicted molar refractivity (Wildman–Crippen MR) is 127 cm³/mol. The maximum Gasteiger partial charge on any atom is 0.262 e. The highest BCUT2D eigenvalue weighted by molar-refractivity contribution is 7.71. The summed E-state index contributed by atoms with van der Waals surface area (Å²) in [5.74, 6) is -0.0434. The summed E-state index contributed by atoms with van der Waals surface area (Å²) in [6.45, 7) is 2.42. The van der Waals surface area contributed by atoms with Crippen molar-refractivity contribution >= 4 is 34.6 Å². The van der Waals surface area contributed by atoms with E-state index >= 15 is 0 Å². The van der Waals surface area contributed by atoms with E-state index in [9.17, 15) is 9.59 Å². The fourth-order valence-corrected chi connectivity index (χ4v) is 4.76. The normalized spacial score (nSPS) is 18.7. The molecule has 164 valence electrons. The van der Waals surface area contributed by atoms with Crippen LogP contribution < -0.4 is 5.56 Å². The zero-order valence-corrected chi connectivity index (χ0v) is 18.6. The molecule has 32 heavy (non-hydrogen) atoms. The van der Waals surface area contributed by atoms with Crippen LogP contribution in [0.3, 0.4) is 0 Å². The van der Waals surface area contributed by atoms with Gasteiger partial charge in [-0.2, -0.15) is 0 Å². The lowest BCUT2D eigenvalue weighted by Crippen LogP contribution is -2.34. The Morgan fingerprint density at radius 1 is 1.19 bits per heavy atom. The van der Waals surface area contributed by atoms with Gasteiger partial charge in [0.1, 0.15) is 0 Å². The zero-order valence-electron chi connectivity index (χ0n) is 17.8. The third kappa shape index (κ3) is 4.06. The number of amides is 1. The van der Waals surface area contributed by atoms with Crippen molar-refractivity contribution in [1.29, 1.82) is 0 Å². The van der Waals surface area contributed by atoms with Gasteiger partial charge in [0.05, 0.1) is 23.6 Å². The van der Waals surface area contributed by atoms with Gasteiger partial charge in [-0.1, -0.05) is 36.4 Å². The number of benzene rings is 2. The molecule has 1 fully saturated rings. The van der Waals surface area contributed by atoms with Crippen LogP contribution in [-0.2, 0) is 11.3 Å². The number of carbonyl (C=O) groups excluding carboxylic acids is 1. The second-order valence-electron chi connectivity index (χ2n) is 8.34. The molecule has 1 saturated heterocycles. The topological polar surface area (TPSA) is 67.3 Å². The number of fused-ring (bicyclic) bond motifs is 1. The largest absolute Gasteiger partial charge is 0.376 e. The first-order valence-corrected chi connectivity index (χ1v) is 11.4. The molecular formula is C25H25N3O3S. The minimum atomic E-state index is -0.147. The molecule has 2 aromatic carbocycles. The van der Waals surface area contributed by atoms with E-state index in [4.69, 9.17) is 17.0 Å². The van der Waals surface area contributed by atoms with Gasteiger partial charge in [0, 0.05) is 25.3 Å². The highest BCUT2D eigenvalue weighted by atomic mass is 32.1. The first kappa shape index (κ1) is 20.8. The molecule has 0 radical (unpaired) electrons. The lowest BCUT2D eigenvalue weighted by Gasteiger charge is -2.27. The minimum absolute atomic E-state index is 0.0223. The van der Waals surface area contributed by atoms with Crippen LogP contribution in [0.15, 0.2) is 59.4 Å². The molecule has 0 aliphatic carbocycles. The smallest absolute Gasteiger partial charge is 0.262 e. The predicted octanol–water partition coefficient (Wildman–Crippen LogP) is 4.17. The summed E-state index contributed by atoms with van der Waals surface area (Å²) >= 11 is 5.44. The number of aromatic amines is 1. The molecule has 2 aliphatic rings. The molecule has 0 spiro atoms. The van der Waals surface area contributed by atoms with Crippen molar-refractivity contribution in [3.63, 3.8) is 0 Å². The number of ether oxygens (including phenoxy) is 1. The van der Waals surface area contributed by atoms with E-state index in [0.29, 0.717) is 40.9 Å². The van der Waals surface area contributed by atoms with Gasteiger partial charge < -0.3 is 14.6 Å². The highest BCUT2D eigenvalue weighted by Crippen LogP contribution is 2.23. The molecule has 0 bridgehead atoms. The average molecular weight is 448 g/mol. The van der Waals surface area contributed by atoms with E-state index < -0.39 is 0 Å². The molecule has 3 aromatic rings. The molecule has 6 nitrogen and oxygen atoms in total. The van der Waals surface area contributed by atoms with Crippen LogP contribution in [0.2, 0.25) is 0 Å². The SMILES string of the molecule is O=C(c1ccc2c(=O)n(CC3CCCO3)c(=S)[nH]c2c1)N1CC=C(c2ccccc2)CC1. The molecule has 2 aliphatic heterocycles. The Labute approximate surface area is 191 Å². The molecule has 1 N–H and O–H groups in total. The zero-order chi connectivity index (χ0) is 22.1. The van der Waals surface area contributed by atoms with Crippen LogP contribution in [0.5, 0.6) is 0 Å². The first-order chi connectivity index (χ1) is 15.6. The maximum atomic E-state index is 13.1. The fourth-order valence-electron chi connectivity index (χ4n) is 4.50. The Balaban J connectivity index is 1.38. The number of rotatable bonds is 4. The van der Waals surface area contributed by atoms with E-state index in [1.807, 2.05) is 23.1 Å². The number of aromatic nitrogens is 2. The van der Waals surface area contributed by atoms with Crippen LogP contribution in [0.4, 0.5) is 0 Å². The Morgan fingerprint density at radius 2 is 2.03 bits per heavy atom. The number of nitrogens with one attached hydrogen (secondary N) is 1. The van der Waals surface area contributed by atoms with Gasteiger partial charge in [0.15, 0.2) is 4.77 Å². The molecule has 1 unspecified atom stereocenters. The van der Waals surface area contributed by atoms with Gasteiger partial charge >= 0.3 is 0 Å². The molecule has 1 atom stereocenters. The summed E-state index contributed by atoms with van der Waals surface area (Å²) in [7, 11) is 0. The molecule has 7 heteroatoms. The Hall–Kier alpha value is -3.03. The number of hydrogen-bond donors (Lipinski definition) is 1. The minimum Gasteiger partial charge on any atom is -0.376 e. The number of hydrogen-bond acceptors (Lipinski definition) is 4. The Morgan fingerprint density at radius 3 is 2.75 bits per heavy atom. The first-order valence-electron chi connectivity index (χ1n) is 11.0. The average Bonchev–Trinajstić information content (AvgIpc) is 3.35. The fraction of sp³-hybridized carbons (Fsp3) is 0.320. The summed E-state index contributed by atoms with van der Waals surface area (Å²) < 4.78 is 7.58. The molecule has 1 amide bonds. The quantitative estimate of drug-likeness (QED) is 0.610. The van der Waals surface area contributed by atoms with Crippen molar-refractivity contribution < 1.29 is 9.53 Å². The second kappa shape index (κ2) is 8.84. The highest BCUT2D eigenvalue weighted by Gasteiger charge is 2.21. The molecule has 0 saturated carbocycles.